The topological polar surface area (TPSA) is 17.1 Å². The molecular weight excluding hydrogens is 208 g/mol. The van der Waals surface area contributed by atoms with Crippen molar-refractivity contribution in [3.8, 4) is 0 Å². The average molecular weight is 230 g/mol. The molecule has 1 aromatic rings. The van der Waals surface area contributed by atoms with Crippen molar-refractivity contribution in [2.24, 2.45) is 5.92 Å². The van der Waals surface area contributed by atoms with E-state index in [9.17, 15) is 4.79 Å². The lowest BCUT2D eigenvalue weighted by Crippen LogP contribution is -1.96. The molecule has 0 aromatic heterocycles. The second-order valence-corrected chi connectivity index (χ2v) is 4.92. The molecule has 0 radical (unpaired) electrons. The number of ketones is 1. The molecule has 0 spiro atoms. The van der Waals surface area contributed by atoms with E-state index in [0.29, 0.717) is 6.42 Å². The van der Waals surface area contributed by atoms with Gasteiger partial charge in [-0.05, 0) is 42.4 Å². The van der Waals surface area contributed by atoms with E-state index in [-0.39, 0.29) is 5.78 Å². The average Bonchev–Trinajstić information content (AvgIpc) is 2.34. The van der Waals surface area contributed by atoms with Gasteiger partial charge in [0, 0.05) is 6.42 Å². The molecule has 1 heteroatoms. The number of hydrogen-bond acceptors (Lipinski definition) is 1. The smallest absolute Gasteiger partial charge is 0.155 e. The van der Waals surface area contributed by atoms with Crippen LogP contribution in [0.2, 0.25) is 0 Å². The Hall–Kier alpha value is -1.37. The molecule has 0 saturated heterocycles. The Morgan fingerprint density at radius 1 is 1.18 bits per heavy atom. The summed E-state index contributed by atoms with van der Waals surface area (Å²) in [6, 6.07) is 8.62. The Kier molecular flexibility index (Phi) is 5.68. The van der Waals surface area contributed by atoms with Crippen LogP contribution in [-0.4, -0.2) is 5.78 Å². The molecule has 0 amide bonds. The van der Waals surface area contributed by atoms with E-state index in [4.69, 9.17) is 0 Å². The van der Waals surface area contributed by atoms with Gasteiger partial charge in [0.25, 0.3) is 0 Å². The molecular formula is C16H22O. The van der Waals surface area contributed by atoms with Crippen molar-refractivity contribution in [2.75, 3.05) is 0 Å². The van der Waals surface area contributed by atoms with Crippen molar-refractivity contribution < 1.29 is 4.79 Å². The summed E-state index contributed by atoms with van der Waals surface area (Å²) in [4.78, 5) is 11.1. The van der Waals surface area contributed by atoms with Crippen molar-refractivity contribution in [3.05, 3.63) is 48.0 Å². The summed E-state index contributed by atoms with van der Waals surface area (Å²) >= 11 is 0. The summed E-state index contributed by atoms with van der Waals surface area (Å²) in [5.74, 6) is 0.869. The SMILES string of the molecule is C=CC(=O)CCc1ccc(CCC(C)C)cc1. The van der Waals surface area contributed by atoms with Gasteiger partial charge in [-0.3, -0.25) is 4.79 Å². The standard InChI is InChI=1S/C16H22O/c1-4-16(17)12-11-15-9-7-14(8-10-15)6-5-13(2)3/h4,7-10,13H,1,5-6,11-12H2,2-3H3. The van der Waals surface area contributed by atoms with Gasteiger partial charge in [0.2, 0.25) is 0 Å². The maximum absolute atomic E-state index is 11.1. The first-order valence-electron chi connectivity index (χ1n) is 6.35. The summed E-state index contributed by atoms with van der Waals surface area (Å²) in [6.45, 7) is 7.97. The first-order valence-corrected chi connectivity index (χ1v) is 6.35. The molecule has 1 aromatic carbocycles. The molecule has 1 rings (SSSR count). The van der Waals surface area contributed by atoms with Crippen LogP contribution in [0.3, 0.4) is 0 Å². The van der Waals surface area contributed by atoms with Crippen molar-refractivity contribution in [1.29, 1.82) is 0 Å². The van der Waals surface area contributed by atoms with Gasteiger partial charge in [0.05, 0.1) is 0 Å². The molecule has 0 aliphatic heterocycles. The summed E-state index contributed by atoms with van der Waals surface area (Å²) in [5.41, 5.74) is 2.62. The van der Waals surface area contributed by atoms with Crippen LogP contribution in [-0.2, 0) is 17.6 Å². The number of rotatable bonds is 7. The van der Waals surface area contributed by atoms with E-state index in [1.54, 1.807) is 0 Å². The first-order chi connectivity index (χ1) is 8.11. The molecule has 0 saturated carbocycles. The minimum Gasteiger partial charge on any atom is -0.295 e. The van der Waals surface area contributed by atoms with E-state index < -0.39 is 0 Å². The zero-order chi connectivity index (χ0) is 12.7. The van der Waals surface area contributed by atoms with E-state index in [2.05, 4.69) is 44.7 Å². The number of carbonyl (C=O) groups excluding carboxylic acids is 1. The predicted octanol–water partition coefficient (Wildman–Crippen LogP) is 3.96. The number of benzene rings is 1. The van der Waals surface area contributed by atoms with Crippen LogP contribution in [0.1, 0.15) is 37.8 Å². The Labute approximate surface area is 105 Å². The first kappa shape index (κ1) is 13.7. The summed E-state index contributed by atoms with van der Waals surface area (Å²) < 4.78 is 0. The number of hydrogen-bond donors (Lipinski definition) is 0. The van der Waals surface area contributed by atoms with Crippen molar-refractivity contribution in [3.63, 3.8) is 0 Å². The Morgan fingerprint density at radius 2 is 1.71 bits per heavy atom. The predicted molar refractivity (Wildman–Crippen MR) is 73.1 cm³/mol. The van der Waals surface area contributed by atoms with Crippen LogP contribution in [0, 0.1) is 5.92 Å². The molecule has 0 bridgehead atoms. The van der Waals surface area contributed by atoms with Gasteiger partial charge in [-0.2, -0.15) is 0 Å². The molecule has 0 fully saturated rings. The quantitative estimate of drug-likeness (QED) is 0.648. The maximum atomic E-state index is 11.1. The summed E-state index contributed by atoms with van der Waals surface area (Å²) in [6.07, 6.45) is 5.15. The maximum Gasteiger partial charge on any atom is 0.155 e. The van der Waals surface area contributed by atoms with Crippen LogP contribution >= 0.6 is 0 Å². The highest BCUT2D eigenvalue weighted by molar-refractivity contribution is 5.89. The van der Waals surface area contributed by atoms with Crippen LogP contribution in [0.5, 0.6) is 0 Å². The molecule has 0 N–H and O–H groups in total. The fourth-order valence-corrected chi connectivity index (χ4v) is 1.70. The van der Waals surface area contributed by atoms with E-state index >= 15 is 0 Å². The lowest BCUT2D eigenvalue weighted by atomic mass is 10.0. The third-order valence-electron chi connectivity index (χ3n) is 2.92. The second-order valence-electron chi connectivity index (χ2n) is 4.92. The summed E-state index contributed by atoms with van der Waals surface area (Å²) in [7, 11) is 0. The number of carbonyl (C=O) groups is 1. The highest BCUT2D eigenvalue weighted by Crippen LogP contribution is 2.11. The molecule has 0 heterocycles. The summed E-state index contributed by atoms with van der Waals surface area (Å²) in [5, 5.41) is 0. The normalized spacial score (nSPS) is 10.5. The van der Waals surface area contributed by atoms with E-state index in [0.717, 1.165) is 18.8 Å². The van der Waals surface area contributed by atoms with Crippen LogP contribution in [0.25, 0.3) is 0 Å². The molecule has 0 aliphatic carbocycles. The monoisotopic (exact) mass is 230 g/mol. The third-order valence-corrected chi connectivity index (χ3v) is 2.92. The van der Waals surface area contributed by atoms with Crippen molar-refractivity contribution in [1.82, 2.24) is 0 Å². The fraction of sp³-hybridized carbons (Fsp3) is 0.438. The van der Waals surface area contributed by atoms with Gasteiger partial charge in [0.1, 0.15) is 0 Å². The molecule has 92 valence electrons. The van der Waals surface area contributed by atoms with Gasteiger partial charge < -0.3 is 0 Å². The molecule has 1 nitrogen and oxygen atoms in total. The molecule has 17 heavy (non-hydrogen) atoms. The Morgan fingerprint density at radius 3 is 2.18 bits per heavy atom. The van der Waals surface area contributed by atoms with Crippen LogP contribution in [0.4, 0.5) is 0 Å². The fourth-order valence-electron chi connectivity index (χ4n) is 1.70. The van der Waals surface area contributed by atoms with Gasteiger partial charge in [-0.1, -0.05) is 44.7 Å². The van der Waals surface area contributed by atoms with Gasteiger partial charge in [0.15, 0.2) is 5.78 Å². The van der Waals surface area contributed by atoms with Gasteiger partial charge in [-0.15, -0.1) is 0 Å². The number of aryl methyl sites for hydroxylation is 2. The van der Waals surface area contributed by atoms with Gasteiger partial charge in [-0.25, -0.2) is 0 Å². The van der Waals surface area contributed by atoms with Crippen LogP contribution in [0.15, 0.2) is 36.9 Å². The zero-order valence-corrected chi connectivity index (χ0v) is 10.9. The minimum atomic E-state index is 0.119. The molecule has 0 atom stereocenters. The molecule has 0 unspecified atom stereocenters. The Balaban J connectivity index is 2.44. The minimum absolute atomic E-state index is 0.119. The van der Waals surface area contributed by atoms with Gasteiger partial charge >= 0.3 is 0 Å². The zero-order valence-electron chi connectivity index (χ0n) is 10.9. The van der Waals surface area contributed by atoms with E-state index in [1.165, 1.54) is 23.6 Å². The third kappa shape index (κ3) is 5.48. The highest BCUT2D eigenvalue weighted by atomic mass is 16.1. The Bertz CT molecular complexity index is 360. The molecule has 0 aliphatic rings. The van der Waals surface area contributed by atoms with Crippen LogP contribution < -0.4 is 0 Å². The lowest BCUT2D eigenvalue weighted by Gasteiger charge is -2.06. The number of allylic oxidation sites excluding steroid dienone is 1. The van der Waals surface area contributed by atoms with Crippen molar-refractivity contribution >= 4 is 5.78 Å². The van der Waals surface area contributed by atoms with E-state index in [1.807, 2.05) is 0 Å². The lowest BCUT2D eigenvalue weighted by molar-refractivity contribution is -0.114. The van der Waals surface area contributed by atoms with Crippen molar-refractivity contribution in [2.45, 2.75) is 39.5 Å². The second kappa shape index (κ2) is 7.05. The highest BCUT2D eigenvalue weighted by Gasteiger charge is 2.00. The largest absolute Gasteiger partial charge is 0.295 e.